The number of hydrogen-bond donors (Lipinski definition) is 0. The molecule has 0 atom stereocenters. The maximum absolute atomic E-state index is 14.2. The molecule has 0 radical (unpaired) electrons. The first-order valence-electron chi connectivity index (χ1n) is 7.76. The average molecular weight is 337 g/mol. The number of nitrogens with zero attached hydrogens (tertiary/aromatic N) is 3. The van der Waals surface area contributed by atoms with Gasteiger partial charge in [-0.15, -0.1) is 0 Å². The third kappa shape index (κ3) is 3.02. The van der Waals surface area contributed by atoms with Gasteiger partial charge in [0.15, 0.2) is 0 Å². The van der Waals surface area contributed by atoms with Crippen molar-refractivity contribution in [1.82, 2.24) is 14.7 Å². The van der Waals surface area contributed by atoms with Gasteiger partial charge in [-0.1, -0.05) is 24.3 Å². The molecule has 0 aliphatic heterocycles. The highest BCUT2D eigenvalue weighted by Crippen LogP contribution is 2.33. The molecule has 0 bridgehead atoms. The van der Waals surface area contributed by atoms with E-state index in [0.717, 1.165) is 24.0 Å². The summed E-state index contributed by atoms with van der Waals surface area (Å²) in [5.41, 5.74) is 0.501. The van der Waals surface area contributed by atoms with Crippen molar-refractivity contribution in [2.45, 2.75) is 38.8 Å². The van der Waals surface area contributed by atoms with Crippen molar-refractivity contribution >= 4 is 5.91 Å². The van der Waals surface area contributed by atoms with E-state index in [1.54, 1.807) is 0 Å². The minimum Gasteiger partial charge on any atom is -0.331 e. The van der Waals surface area contributed by atoms with Crippen molar-refractivity contribution in [2.24, 2.45) is 7.05 Å². The van der Waals surface area contributed by atoms with E-state index < -0.39 is 29.5 Å². The highest BCUT2D eigenvalue weighted by Gasteiger charge is 2.38. The molecule has 1 fully saturated rings. The summed E-state index contributed by atoms with van der Waals surface area (Å²) in [6, 6.07) is 7.50. The van der Waals surface area contributed by atoms with Gasteiger partial charge in [0.2, 0.25) is 5.95 Å². The zero-order valence-corrected chi connectivity index (χ0v) is 13.5. The Balaban J connectivity index is 1.96. The highest BCUT2D eigenvalue weighted by molar-refractivity contribution is 5.96. The number of aromatic nitrogens is 2. The zero-order chi connectivity index (χ0) is 17.4. The maximum Gasteiger partial charge on any atom is 0.283 e. The summed E-state index contributed by atoms with van der Waals surface area (Å²) in [5.74, 6) is -1.74. The third-order valence-corrected chi connectivity index (χ3v) is 4.28. The summed E-state index contributed by atoms with van der Waals surface area (Å²) >= 11 is 0. The van der Waals surface area contributed by atoms with Gasteiger partial charge in [-0.2, -0.15) is 9.49 Å². The number of amides is 1. The number of alkyl halides is 2. The second-order valence-electron chi connectivity index (χ2n) is 6.07. The van der Waals surface area contributed by atoms with E-state index in [2.05, 4.69) is 5.10 Å². The summed E-state index contributed by atoms with van der Waals surface area (Å²) in [7, 11) is 1.21. The predicted octanol–water partition coefficient (Wildman–Crippen LogP) is 3.61. The molecule has 4 nitrogen and oxygen atoms in total. The minimum absolute atomic E-state index is 0.0396. The van der Waals surface area contributed by atoms with Gasteiger partial charge in [0.25, 0.3) is 12.3 Å². The van der Waals surface area contributed by atoms with Gasteiger partial charge in [-0.25, -0.2) is 13.5 Å². The van der Waals surface area contributed by atoms with Gasteiger partial charge in [0.1, 0.15) is 11.3 Å². The Bertz CT molecular complexity index is 768. The first kappa shape index (κ1) is 16.5. The Morgan fingerprint density at radius 2 is 2.04 bits per heavy atom. The van der Waals surface area contributed by atoms with Crippen LogP contribution >= 0.6 is 0 Å². The normalized spacial score (nSPS) is 14.2. The van der Waals surface area contributed by atoms with Gasteiger partial charge in [0, 0.05) is 19.6 Å². The van der Waals surface area contributed by atoms with Crippen molar-refractivity contribution < 1.29 is 18.0 Å². The molecule has 0 unspecified atom stereocenters. The van der Waals surface area contributed by atoms with Crippen molar-refractivity contribution in [3.05, 3.63) is 52.6 Å². The van der Waals surface area contributed by atoms with Crippen LogP contribution in [-0.2, 0) is 13.6 Å². The molecule has 1 saturated carbocycles. The zero-order valence-electron chi connectivity index (χ0n) is 13.5. The second kappa shape index (κ2) is 6.30. The van der Waals surface area contributed by atoms with Crippen LogP contribution in [0.5, 0.6) is 0 Å². The van der Waals surface area contributed by atoms with E-state index in [9.17, 15) is 18.0 Å². The van der Waals surface area contributed by atoms with Crippen molar-refractivity contribution in [3.8, 4) is 0 Å². The maximum atomic E-state index is 14.2. The molecule has 0 N–H and O–H groups in total. The summed E-state index contributed by atoms with van der Waals surface area (Å²) in [5, 5.41) is 3.46. The lowest BCUT2D eigenvalue weighted by Gasteiger charge is -2.23. The number of aryl methyl sites for hydroxylation is 2. The molecule has 24 heavy (non-hydrogen) atoms. The molecule has 1 aliphatic rings. The fourth-order valence-corrected chi connectivity index (χ4v) is 2.74. The number of hydrogen-bond acceptors (Lipinski definition) is 2. The molecule has 0 spiro atoms. The lowest BCUT2D eigenvalue weighted by Crippen LogP contribution is -2.34. The van der Waals surface area contributed by atoms with Crippen LogP contribution in [0.4, 0.5) is 13.2 Å². The van der Waals surface area contributed by atoms with Crippen LogP contribution in [0.2, 0.25) is 0 Å². The Hall–Kier alpha value is -2.31. The third-order valence-electron chi connectivity index (χ3n) is 4.28. The van der Waals surface area contributed by atoms with Crippen LogP contribution in [0, 0.1) is 12.9 Å². The largest absolute Gasteiger partial charge is 0.331 e. The number of rotatable bonds is 5. The molecule has 1 aliphatic carbocycles. The molecule has 3 rings (SSSR count). The summed E-state index contributed by atoms with van der Waals surface area (Å²) in [4.78, 5) is 14.3. The molecule has 0 saturated heterocycles. The van der Waals surface area contributed by atoms with E-state index in [1.165, 1.54) is 11.9 Å². The first-order valence-corrected chi connectivity index (χ1v) is 7.76. The van der Waals surface area contributed by atoms with Crippen molar-refractivity contribution in [1.29, 1.82) is 0 Å². The summed E-state index contributed by atoms with van der Waals surface area (Å²) in [6.45, 7) is 2.19. The number of benzene rings is 1. The Labute approximate surface area is 137 Å². The summed E-state index contributed by atoms with van der Waals surface area (Å²) < 4.78 is 41.2. The lowest BCUT2D eigenvalue weighted by molar-refractivity contribution is 0.0712. The molecule has 2 aromatic rings. The fraction of sp³-hybridized carbons (Fsp3) is 0.412. The number of carbonyl (C=O) groups is 1. The lowest BCUT2D eigenvalue weighted by atomic mass is 10.1. The van der Waals surface area contributed by atoms with Crippen LogP contribution in [0.1, 0.15) is 46.4 Å². The molecule has 1 heterocycles. The Kier molecular flexibility index (Phi) is 4.34. The van der Waals surface area contributed by atoms with Crippen LogP contribution in [-0.4, -0.2) is 26.6 Å². The fourth-order valence-electron chi connectivity index (χ4n) is 2.74. The van der Waals surface area contributed by atoms with E-state index in [1.807, 2.05) is 31.2 Å². The second-order valence-corrected chi connectivity index (χ2v) is 6.07. The number of carbonyl (C=O) groups excluding carboxylic acids is 1. The van der Waals surface area contributed by atoms with Crippen LogP contribution < -0.4 is 0 Å². The smallest absolute Gasteiger partial charge is 0.283 e. The van der Waals surface area contributed by atoms with E-state index in [4.69, 9.17) is 0 Å². The molecular weight excluding hydrogens is 319 g/mol. The minimum atomic E-state index is -3.00. The summed E-state index contributed by atoms with van der Waals surface area (Å²) in [6.07, 6.45) is -1.41. The topological polar surface area (TPSA) is 38.1 Å². The van der Waals surface area contributed by atoms with Crippen LogP contribution in [0.3, 0.4) is 0 Å². The van der Waals surface area contributed by atoms with E-state index in [-0.39, 0.29) is 12.6 Å². The average Bonchev–Trinajstić information content (AvgIpc) is 3.32. The molecule has 1 amide bonds. The van der Waals surface area contributed by atoms with Crippen molar-refractivity contribution in [3.63, 3.8) is 0 Å². The molecule has 1 aromatic carbocycles. The van der Waals surface area contributed by atoms with Gasteiger partial charge < -0.3 is 4.90 Å². The molecule has 128 valence electrons. The van der Waals surface area contributed by atoms with Gasteiger partial charge in [-0.05, 0) is 30.9 Å². The van der Waals surface area contributed by atoms with Gasteiger partial charge in [0.05, 0.1) is 0 Å². The highest BCUT2D eigenvalue weighted by atomic mass is 19.3. The van der Waals surface area contributed by atoms with Crippen LogP contribution in [0.25, 0.3) is 0 Å². The predicted molar refractivity (Wildman–Crippen MR) is 82.2 cm³/mol. The quantitative estimate of drug-likeness (QED) is 0.836. The molecule has 1 aromatic heterocycles. The monoisotopic (exact) mass is 337 g/mol. The van der Waals surface area contributed by atoms with E-state index >= 15 is 0 Å². The Morgan fingerprint density at radius 1 is 1.38 bits per heavy atom. The van der Waals surface area contributed by atoms with Gasteiger partial charge >= 0.3 is 0 Å². The van der Waals surface area contributed by atoms with Crippen molar-refractivity contribution in [2.75, 3.05) is 0 Å². The van der Waals surface area contributed by atoms with Gasteiger partial charge in [-0.3, -0.25) is 4.79 Å². The number of halogens is 3. The molecule has 7 heteroatoms. The molecular formula is C17H18F3N3O. The van der Waals surface area contributed by atoms with Crippen LogP contribution in [0.15, 0.2) is 24.3 Å². The standard InChI is InChI=1S/C17H18F3N3O/c1-10-5-3-4-6-11(10)9-23(12-7-8-12)17(24)13-14(15(18)19)21-22(2)16(13)20/h3-6,12,15H,7-9H2,1-2H3. The first-order chi connectivity index (χ1) is 11.4. The van der Waals surface area contributed by atoms with E-state index in [0.29, 0.717) is 4.68 Å². The SMILES string of the molecule is Cc1ccccc1CN(C(=O)c1c(C(F)F)nn(C)c1F)C1CC1. The Morgan fingerprint density at radius 3 is 2.62 bits per heavy atom.